The van der Waals surface area contributed by atoms with Crippen molar-refractivity contribution in [2.75, 3.05) is 25.0 Å². The Morgan fingerprint density at radius 2 is 2.38 bits per heavy atom. The summed E-state index contributed by atoms with van der Waals surface area (Å²) in [4.78, 5) is 27.9. The number of nitrogens with zero attached hydrogens (tertiary/aromatic N) is 2. The number of thiazole rings is 1. The number of aromatic nitrogens is 1. The van der Waals surface area contributed by atoms with E-state index in [4.69, 9.17) is 11.6 Å². The third-order valence-corrected chi connectivity index (χ3v) is 3.28. The van der Waals surface area contributed by atoms with Gasteiger partial charge in [-0.3, -0.25) is 9.59 Å². The molecular weight excluding hydrogens is 250 g/mol. The number of halogens is 1. The van der Waals surface area contributed by atoms with Crippen LogP contribution in [0.15, 0.2) is 0 Å². The molecule has 1 aromatic heterocycles. The van der Waals surface area contributed by atoms with Gasteiger partial charge in [0.25, 0.3) is 0 Å². The Hall–Kier alpha value is -1.14. The second-order valence-corrected chi connectivity index (χ2v) is 4.45. The van der Waals surface area contributed by atoms with Crippen LogP contribution in [0.5, 0.6) is 0 Å². The average Bonchev–Trinajstić information content (AvgIpc) is 2.60. The van der Waals surface area contributed by atoms with Gasteiger partial charge in [0.2, 0.25) is 5.91 Å². The molecule has 88 valence electrons. The normalized spacial score (nSPS) is 9.94. The third kappa shape index (κ3) is 3.18. The van der Waals surface area contributed by atoms with Gasteiger partial charge in [0.15, 0.2) is 16.6 Å². The van der Waals surface area contributed by atoms with Gasteiger partial charge >= 0.3 is 0 Å². The van der Waals surface area contributed by atoms with Gasteiger partial charge in [-0.05, 0) is 6.92 Å². The van der Waals surface area contributed by atoms with Gasteiger partial charge in [0.1, 0.15) is 4.88 Å². The fraction of sp³-hybridized carbons (Fsp3) is 0.444. The lowest BCUT2D eigenvalue weighted by Crippen LogP contribution is -2.34. The van der Waals surface area contributed by atoms with Crippen molar-refractivity contribution in [1.29, 1.82) is 0 Å². The molecule has 1 amide bonds. The van der Waals surface area contributed by atoms with E-state index in [0.29, 0.717) is 22.8 Å². The van der Waals surface area contributed by atoms with E-state index in [9.17, 15) is 9.59 Å². The van der Waals surface area contributed by atoms with Crippen LogP contribution in [0.25, 0.3) is 0 Å². The number of carbonyl (C=O) groups excluding carboxylic acids is 2. The van der Waals surface area contributed by atoms with Crippen LogP contribution in [0.4, 0.5) is 5.13 Å². The molecular formula is C9H12ClN3O2S. The Morgan fingerprint density at radius 1 is 1.69 bits per heavy atom. The summed E-state index contributed by atoms with van der Waals surface area (Å²) in [5, 5.41) is 3.41. The predicted molar refractivity (Wildman–Crippen MR) is 64.5 cm³/mol. The highest BCUT2D eigenvalue weighted by atomic mass is 35.5. The maximum Gasteiger partial charge on any atom is 0.239 e. The number of nitrogens with one attached hydrogen (secondary N) is 1. The summed E-state index contributed by atoms with van der Waals surface area (Å²) < 4.78 is 0. The van der Waals surface area contributed by atoms with Crippen LogP contribution in [0.3, 0.4) is 0 Å². The standard InChI is InChI=1S/C9H12ClN3O2S/c1-3-11-7(15)4-13(2)9-12-8(10)6(5-14)16-9/h5H,3-4H2,1-2H3,(H,11,15). The molecule has 0 saturated heterocycles. The van der Waals surface area contributed by atoms with Gasteiger partial charge in [0.05, 0.1) is 6.54 Å². The van der Waals surface area contributed by atoms with Gasteiger partial charge in [-0.15, -0.1) is 0 Å². The van der Waals surface area contributed by atoms with Gasteiger partial charge < -0.3 is 10.2 Å². The predicted octanol–water partition coefficient (Wildman–Crippen LogP) is 1.18. The number of amides is 1. The molecule has 0 spiro atoms. The molecule has 0 aliphatic carbocycles. The first-order valence-corrected chi connectivity index (χ1v) is 5.87. The molecule has 0 aliphatic heterocycles. The van der Waals surface area contributed by atoms with Crippen molar-refractivity contribution in [1.82, 2.24) is 10.3 Å². The van der Waals surface area contributed by atoms with Crippen LogP contribution in [-0.2, 0) is 4.79 Å². The Balaban J connectivity index is 2.69. The first-order chi connectivity index (χ1) is 7.58. The lowest BCUT2D eigenvalue weighted by molar-refractivity contribution is -0.119. The van der Waals surface area contributed by atoms with E-state index in [1.807, 2.05) is 6.92 Å². The summed E-state index contributed by atoms with van der Waals surface area (Å²) >= 11 is 6.89. The Labute approximate surface area is 102 Å². The summed E-state index contributed by atoms with van der Waals surface area (Å²) in [6.07, 6.45) is 0.656. The molecule has 0 aromatic carbocycles. The number of rotatable bonds is 5. The van der Waals surface area contributed by atoms with Crippen LogP contribution in [0.2, 0.25) is 5.15 Å². The second kappa shape index (κ2) is 5.81. The van der Waals surface area contributed by atoms with Gasteiger partial charge in [-0.1, -0.05) is 22.9 Å². The summed E-state index contributed by atoms with van der Waals surface area (Å²) in [6.45, 7) is 2.63. The Morgan fingerprint density at radius 3 is 2.88 bits per heavy atom. The molecule has 1 heterocycles. The van der Waals surface area contributed by atoms with Crippen LogP contribution in [0.1, 0.15) is 16.6 Å². The molecule has 0 aliphatic rings. The minimum Gasteiger partial charge on any atom is -0.355 e. The molecule has 16 heavy (non-hydrogen) atoms. The minimum absolute atomic E-state index is 0.0935. The molecule has 7 heteroatoms. The van der Waals surface area contributed by atoms with Gasteiger partial charge in [0, 0.05) is 13.6 Å². The van der Waals surface area contributed by atoms with E-state index in [1.165, 1.54) is 0 Å². The average molecular weight is 262 g/mol. The van der Waals surface area contributed by atoms with E-state index >= 15 is 0 Å². The zero-order valence-corrected chi connectivity index (χ0v) is 10.6. The second-order valence-electron chi connectivity index (χ2n) is 3.08. The minimum atomic E-state index is -0.0935. The van der Waals surface area contributed by atoms with Crippen molar-refractivity contribution in [3.8, 4) is 0 Å². The summed E-state index contributed by atoms with van der Waals surface area (Å²) in [6, 6.07) is 0. The summed E-state index contributed by atoms with van der Waals surface area (Å²) in [5.74, 6) is -0.0935. The number of aldehydes is 1. The van der Waals surface area contributed by atoms with E-state index in [-0.39, 0.29) is 17.6 Å². The van der Waals surface area contributed by atoms with Crippen molar-refractivity contribution < 1.29 is 9.59 Å². The zero-order chi connectivity index (χ0) is 12.1. The van der Waals surface area contributed by atoms with Crippen molar-refractivity contribution >= 4 is 40.3 Å². The van der Waals surface area contributed by atoms with Crippen LogP contribution >= 0.6 is 22.9 Å². The molecule has 0 unspecified atom stereocenters. The molecule has 1 aromatic rings. The highest BCUT2D eigenvalue weighted by Crippen LogP contribution is 2.27. The summed E-state index contributed by atoms with van der Waals surface area (Å²) in [7, 11) is 1.72. The third-order valence-electron chi connectivity index (χ3n) is 1.79. The molecule has 0 fully saturated rings. The lowest BCUT2D eigenvalue weighted by atomic mass is 10.5. The topological polar surface area (TPSA) is 62.3 Å². The van der Waals surface area contributed by atoms with Crippen molar-refractivity contribution in [2.45, 2.75) is 6.92 Å². The molecule has 0 atom stereocenters. The molecule has 1 rings (SSSR count). The van der Waals surface area contributed by atoms with Gasteiger partial charge in [-0.2, -0.15) is 0 Å². The number of carbonyl (C=O) groups is 2. The number of likely N-dealkylation sites (N-methyl/N-ethyl adjacent to an activating group) is 2. The lowest BCUT2D eigenvalue weighted by Gasteiger charge is -2.14. The maximum absolute atomic E-state index is 11.3. The highest BCUT2D eigenvalue weighted by molar-refractivity contribution is 7.17. The summed E-state index contributed by atoms with van der Waals surface area (Å²) in [5.41, 5.74) is 0. The Kier molecular flexibility index (Phi) is 4.70. The first-order valence-electron chi connectivity index (χ1n) is 4.67. The van der Waals surface area contributed by atoms with E-state index in [0.717, 1.165) is 11.3 Å². The SMILES string of the molecule is CCNC(=O)CN(C)c1nc(Cl)c(C=O)s1. The quantitative estimate of drug-likeness (QED) is 0.809. The van der Waals surface area contributed by atoms with Crippen LogP contribution in [-0.4, -0.2) is 37.3 Å². The molecule has 0 radical (unpaired) electrons. The fourth-order valence-electron chi connectivity index (χ4n) is 1.07. The van der Waals surface area contributed by atoms with Crippen LogP contribution < -0.4 is 10.2 Å². The van der Waals surface area contributed by atoms with Crippen molar-refractivity contribution in [3.05, 3.63) is 10.0 Å². The fourth-order valence-corrected chi connectivity index (χ4v) is 2.10. The maximum atomic E-state index is 11.3. The smallest absolute Gasteiger partial charge is 0.239 e. The van der Waals surface area contributed by atoms with Gasteiger partial charge in [-0.25, -0.2) is 4.98 Å². The number of hydrogen-bond acceptors (Lipinski definition) is 5. The monoisotopic (exact) mass is 261 g/mol. The number of hydrogen-bond donors (Lipinski definition) is 1. The van der Waals surface area contributed by atoms with E-state index in [2.05, 4.69) is 10.3 Å². The number of anilines is 1. The van der Waals surface area contributed by atoms with E-state index < -0.39 is 0 Å². The molecule has 5 nitrogen and oxygen atoms in total. The first kappa shape index (κ1) is 12.9. The Bertz CT molecular complexity index is 394. The zero-order valence-electron chi connectivity index (χ0n) is 8.99. The molecule has 1 N–H and O–H groups in total. The van der Waals surface area contributed by atoms with E-state index in [1.54, 1.807) is 11.9 Å². The van der Waals surface area contributed by atoms with Crippen molar-refractivity contribution in [2.24, 2.45) is 0 Å². The highest BCUT2D eigenvalue weighted by Gasteiger charge is 2.13. The molecule has 0 bridgehead atoms. The van der Waals surface area contributed by atoms with Crippen molar-refractivity contribution in [3.63, 3.8) is 0 Å². The van der Waals surface area contributed by atoms with Crippen LogP contribution in [0, 0.1) is 0 Å². The largest absolute Gasteiger partial charge is 0.355 e. The molecule has 0 saturated carbocycles.